The first kappa shape index (κ1) is 22.4. The van der Waals surface area contributed by atoms with Crippen molar-refractivity contribution in [1.29, 1.82) is 0 Å². The number of hydrogen-bond donors (Lipinski definition) is 2. The number of likely N-dealkylation sites (N-methyl/N-ethyl adjacent to an activating group) is 1. The Hall–Kier alpha value is -3.32. The summed E-state index contributed by atoms with van der Waals surface area (Å²) in [6.07, 6.45) is 1.78. The molecule has 7 nitrogen and oxygen atoms in total. The highest BCUT2D eigenvalue weighted by Crippen LogP contribution is 2.29. The summed E-state index contributed by atoms with van der Waals surface area (Å²) in [5, 5.41) is 10.1. The van der Waals surface area contributed by atoms with Gasteiger partial charge in [0.25, 0.3) is 5.91 Å². The minimum absolute atomic E-state index is 0.187. The van der Waals surface area contributed by atoms with E-state index >= 15 is 0 Å². The van der Waals surface area contributed by atoms with Crippen molar-refractivity contribution in [3.8, 4) is 22.6 Å². The Bertz CT molecular complexity index is 1030. The van der Waals surface area contributed by atoms with E-state index in [1.165, 1.54) is 0 Å². The van der Waals surface area contributed by atoms with Crippen LogP contribution in [0.25, 0.3) is 11.1 Å². The van der Waals surface area contributed by atoms with Gasteiger partial charge in [0.1, 0.15) is 18.1 Å². The Balaban J connectivity index is 1.85. The van der Waals surface area contributed by atoms with Gasteiger partial charge < -0.3 is 19.7 Å². The highest BCUT2D eigenvalue weighted by Gasteiger charge is 2.18. The molecule has 0 fully saturated rings. The molecule has 0 radical (unpaired) electrons. The highest BCUT2D eigenvalue weighted by molar-refractivity contribution is 5.98. The van der Waals surface area contributed by atoms with Gasteiger partial charge in [-0.1, -0.05) is 18.2 Å². The number of benzene rings is 2. The van der Waals surface area contributed by atoms with Crippen LogP contribution in [0.1, 0.15) is 34.6 Å². The molecule has 0 aliphatic heterocycles. The number of carbonyl (C=O) groups excluding carboxylic acids is 1. The van der Waals surface area contributed by atoms with E-state index in [0.717, 1.165) is 34.7 Å². The molecule has 0 unspecified atom stereocenters. The third kappa shape index (κ3) is 5.64. The molecule has 0 aliphatic rings. The van der Waals surface area contributed by atoms with Crippen LogP contribution in [0.2, 0.25) is 0 Å². The first-order chi connectivity index (χ1) is 14.9. The van der Waals surface area contributed by atoms with E-state index in [1.54, 1.807) is 19.4 Å². The number of nitrogens with zero attached hydrogens (tertiary/aromatic N) is 2. The third-order valence-electron chi connectivity index (χ3n) is 5.10. The molecule has 7 heteroatoms. The van der Waals surface area contributed by atoms with Gasteiger partial charge in [-0.15, -0.1) is 0 Å². The van der Waals surface area contributed by atoms with E-state index in [0.29, 0.717) is 17.9 Å². The number of nitrogens with one attached hydrogen (secondary N) is 2. The molecule has 164 valence electrons. The van der Waals surface area contributed by atoms with Crippen molar-refractivity contribution >= 4 is 5.91 Å². The van der Waals surface area contributed by atoms with Crippen LogP contribution in [0, 0.1) is 6.92 Å². The van der Waals surface area contributed by atoms with Crippen LogP contribution in [0.5, 0.6) is 11.5 Å². The standard InChI is InChI=1S/C24H30N4O3/c1-16(18-7-6-8-20(13-18)30-5)26-24(29)21-10-9-19(22-15-25-27-17(22)2)14-23(21)31-12-11-28(3)4/h6-10,13-16H,11-12H2,1-5H3,(H,25,27)(H,26,29)/t16-/m1/s1. The molecule has 3 aromatic rings. The van der Waals surface area contributed by atoms with E-state index in [2.05, 4.69) is 15.5 Å². The number of carbonyl (C=O) groups is 1. The second-order valence-electron chi connectivity index (χ2n) is 7.74. The Kier molecular flexibility index (Phi) is 7.31. The van der Waals surface area contributed by atoms with Crippen LogP contribution in [0.15, 0.2) is 48.7 Å². The summed E-state index contributed by atoms with van der Waals surface area (Å²) in [7, 11) is 5.60. The lowest BCUT2D eigenvalue weighted by Gasteiger charge is -2.18. The predicted octanol–water partition coefficient (Wildman–Crippen LogP) is 3.83. The topological polar surface area (TPSA) is 79.5 Å². The quantitative estimate of drug-likeness (QED) is 0.548. The predicted molar refractivity (Wildman–Crippen MR) is 122 cm³/mol. The third-order valence-corrected chi connectivity index (χ3v) is 5.10. The fourth-order valence-corrected chi connectivity index (χ4v) is 3.25. The monoisotopic (exact) mass is 422 g/mol. The SMILES string of the molecule is COc1cccc([C@@H](C)NC(=O)c2ccc(-c3cn[nH]c3C)cc2OCCN(C)C)c1. The first-order valence-electron chi connectivity index (χ1n) is 10.3. The number of methoxy groups -OCH3 is 1. The lowest BCUT2D eigenvalue weighted by atomic mass is 10.0. The number of ether oxygens (including phenoxy) is 2. The number of aryl methyl sites for hydroxylation is 1. The smallest absolute Gasteiger partial charge is 0.255 e. The van der Waals surface area contributed by atoms with Crippen LogP contribution in [-0.2, 0) is 0 Å². The molecule has 1 heterocycles. The zero-order chi connectivity index (χ0) is 22.4. The van der Waals surface area contributed by atoms with Crippen LogP contribution in [0.3, 0.4) is 0 Å². The number of aromatic amines is 1. The fourth-order valence-electron chi connectivity index (χ4n) is 3.25. The molecule has 0 spiro atoms. The van der Waals surface area contributed by atoms with E-state index in [1.807, 2.05) is 69.2 Å². The van der Waals surface area contributed by atoms with Crippen molar-refractivity contribution in [2.75, 3.05) is 34.4 Å². The van der Waals surface area contributed by atoms with E-state index in [-0.39, 0.29) is 11.9 Å². The van der Waals surface area contributed by atoms with Crippen molar-refractivity contribution in [3.63, 3.8) is 0 Å². The van der Waals surface area contributed by atoms with Gasteiger partial charge in [-0.05, 0) is 63.3 Å². The van der Waals surface area contributed by atoms with Crippen molar-refractivity contribution in [3.05, 3.63) is 65.5 Å². The van der Waals surface area contributed by atoms with E-state index < -0.39 is 0 Å². The Morgan fingerprint density at radius 3 is 2.71 bits per heavy atom. The summed E-state index contributed by atoms with van der Waals surface area (Å²) in [4.78, 5) is 15.2. The number of aromatic nitrogens is 2. The maximum absolute atomic E-state index is 13.1. The zero-order valence-electron chi connectivity index (χ0n) is 18.7. The number of amides is 1. The molecule has 2 aromatic carbocycles. The molecule has 1 aromatic heterocycles. The lowest BCUT2D eigenvalue weighted by Crippen LogP contribution is -2.27. The van der Waals surface area contributed by atoms with Crippen LogP contribution < -0.4 is 14.8 Å². The summed E-state index contributed by atoms with van der Waals surface area (Å²) in [5.74, 6) is 1.12. The van der Waals surface area contributed by atoms with Crippen molar-refractivity contribution in [1.82, 2.24) is 20.4 Å². The van der Waals surface area contributed by atoms with Crippen molar-refractivity contribution < 1.29 is 14.3 Å². The van der Waals surface area contributed by atoms with Gasteiger partial charge in [0.15, 0.2) is 0 Å². The number of H-pyrrole nitrogens is 1. The lowest BCUT2D eigenvalue weighted by molar-refractivity contribution is 0.0935. The van der Waals surface area contributed by atoms with Crippen LogP contribution in [-0.4, -0.2) is 55.4 Å². The first-order valence-corrected chi connectivity index (χ1v) is 10.3. The van der Waals surface area contributed by atoms with E-state index in [4.69, 9.17) is 9.47 Å². The maximum atomic E-state index is 13.1. The molecule has 0 saturated carbocycles. The summed E-state index contributed by atoms with van der Waals surface area (Å²) in [5.41, 5.74) is 4.35. The fraction of sp³-hybridized carbons (Fsp3) is 0.333. The minimum atomic E-state index is -0.189. The largest absolute Gasteiger partial charge is 0.497 e. The molecular weight excluding hydrogens is 392 g/mol. The Morgan fingerprint density at radius 2 is 2.03 bits per heavy atom. The minimum Gasteiger partial charge on any atom is -0.497 e. The molecule has 0 aliphatic carbocycles. The van der Waals surface area contributed by atoms with E-state index in [9.17, 15) is 4.79 Å². The second kappa shape index (κ2) is 10.1. The molecular formula is C24H30N4O3. The molecule has 1 amide bonds. The van der Waals surface area contributed by atoms with Gasteiger partial charge in [0.2, 0.25) is 0 Å². The summed E-state index contributed by atoms with van der Waals surface area (Å²) in [6.45, 7) is 5.14. The zero-order valence-corrected chi connectivity index (χ0v) is 18.7. The summed E-state index contributed by atoms with van der Waals surface area (Å²) in [6, 6.07) is 13.1. The molecule has 0 bridgehead atoms. The Labute approximate surface area is 183 Å². The van der Waals surface area contributed by atoms with Gasteiger partial charge >= 0.3 is 0 Å². The van der Waals surface area contributed by atoms with Gasteiger partial charge in [0, 0.05) is 17.8 Å². The highest BCUT2D eigenvalue weighted by atomic mass is 16.5. The molecule has 0 saturated heterocycles. The van der Waals surface area contributed by atoms with Gasteiger partial charge in [-0.2, -0.15) is 5.10 Å². The molecule has 3 rings (SSSR count). The second-order valence-corrected chi connectivity index (χ2v) is 7.74. The van der Waals surface area contributed by atoms with Gasteiger partial charge in [-0.3, -0.25) is 9.89 Å². The van der Waals surface area contributed by atoms with Crippen molar-refractivity contribution in [2.45, 2.75) is 19.9 Å². The maximum Gasteiger partial charge on any atom is 0.255 e. The number of rotatable bonds is 9. The summed E-state index contributed by atoms with van der Waals surface area (Å²) >= 11 is 0. The normalized spacial score (nSPS) is 11.9. The average molecular weight is 423 g/mol. The van der Waals surface area contributed by atoms with Crippen molar-refractivity contribution in [2.24, 2.45) is 0 Å². The Morgan fingerprint density at radius 1 is 1.23 bits per heavy atom. The number of hydrogen-bond acceptors (Lipinski definition) is 5. The average Bonchev–Trinajstić information content (AvgIpc) is 3.19. The summed E-state index contributed by atoms with van der Waals surface area (Å²) < 4.78 is 11.3. The van der Waals surface area contributed by atoms with Crippen LogP contribution >= 0.6 is 0 Å². The molecule has 2 N–H and O–H groups in total. The van der Waals surface area contributed by atoms with Crippen LogP contribution in [0.4, 0.5) is 0 Å². The van der Waals surface area contributed by atoms with Gasteiger partial charge in [0.05, 0.1) is 24.9 Å². The molecule has 31 heavy (non-hydrogen) atoms. The molecule has 1 atom stereocenters. The van der Waals surface area contributed by atoms with Gasteiger partial charge in [-0.25, -0.2) is 0 Å².